The molecule has 11 nitrogen and oxygen atoms in total. The Kier molecular flexibility index (Phi) is 12.1. The minimum atomic E-state index is -1.19. The van der Waals surface area contributed by atoms with Crippen LogP contribution in [0.2, 0.25) is 0 Å². The van der Waals surface area contributed by atoms with E-state index < -0.39 is 22.8 Å². The van der Waals surface area contributed by atoms with Crippen molar-refractivity contribution < 1.29 is 28.6 Å². The first-order chi connectivity index (χ1) is 20.0. The molecule has 1 saturated carbocycles. The van der Waals surface area contributed by atoms with Crippen LogP contribution in [-0.4, -0.2) is 68.2 Å². The fourth-order valence-electron chi connectivity index (χ4n) is 5.42. The molecule has 12 heteroatoms. The van der Waals surface area contributed by atoms with Gasteiger partial charge < -0.3 is 26.3 Å². The zero-order chi connectivity index (χ0) is 30.8. The van der Waals surface area contributed by atoms with Crippen molar-refractivity contribution in [1.82, 2.24) is 15.5 Å². The van der Waals surface area contributed by atoms with Gasteiger partial charge in [-0.25, -0.2) is 0 Å². The number of nitrogens with zero attached hydrogens (tertiary/aromatic N) is 1. The third-order valence-electron chi connectivity index (χ3n) is 8.24. The number of hydrogen-bond donors (Lipinski definition) is 4. The predicted octanol–water partition coefficient (Wildman–Crippen LogP) is 1.55. The lowest BCUT2D eigenvalue weighted by Crippen LogP contribution is -2.58. The van der Waals surface area contributed by atoms with Gasteiger partial charge in [-0.2, -0.15) is 0 Å². The smallest absolute Gasteiger partial charge is 0.257 e. The van der Waals surface area contributed by atoms with Crippen LogP contribution in [0.3, 0.4) is 0 Å². The molecule has 230 valence electrons. The number of imide groups is 1. The monoisotopic (exact) mass is 583 g/mol. The van der Waals surface area contributed by atoms with Crippen molar-refractivity contribution in [2.75, 3.05) is 25.0 Å². The molecule has 1 aromatic rings. The molecule has 5 N–H and O–H groups in total. The standard InChI is InChI=1S/C30H46BN5O6/c1-29(2)19-24(37)36(28(29)41)18-7-3-6-17-33-26(39)30(14-8-15-30)27(40)35-23(9-4-5-16-32)25(38)34-22-12-10-21(11-13-22)20-42-31/h10-13,23H,3-9,14-20,31-32H2,1-2H3,(H,33,39)(H,34,38)(H,35,40)/t23-/m0/s1. The van der Waals surface area contributed by atoms with Gasteiger partial charge in [-0.1, -0.05) is 32.4 Å². The summed E-state index contributed by atoms with van der Waals surface area (Å²) in [6, 6.07) is 6.50. The van der Waals surface area contributed by atoms with Crippen LogP contribution >= 0.6 is 0 Å². The van der Waals surface area contributed by atoms with Gasteiger partial charge in [0.15, 0.2) is 0 Å². The molecule has 1 aliphatic heterocycles. The topological polar surface area (TPSA) is 160 Å². The molecule has 1 aliphatic carbocycles. The van der Waals surface area contributed by atoms with Crippen LogP contribution in [-0.2, 0) is 35.2 Å². The average molecular weight is 584 g/mol. The summed E-state index contributed by atoms with van der Waals surface area (Å²) in [6.07, 6.45) is 5.69. The van der Waals surface area contributed by atoms with E-state index in [1.165, 1.54) is 4.90 Å². The Hall–Kier alpha value is -3.25. The second kappa shape index (κ2) is 15.3. The molecule has 1 saturated heterocycles. The van der Waals surface area contributed by atoms with Crippen LogP contribution in [0.25, 0.3) is 0 Å². The third kappa shape index (κ3) is 8.41. The number of unbranched alkanes of at least 4 members (excludes halogenated alkanes) is 3. The Morgan fingerprint density at radius 3 is 2.31 bits per heavy atom. The van der Waals surface area contributed by atoms with Crippen LogP contribution in [0.5, 0.6) is 0 Å². The highest BCUT2D eigenvalue weighted by Crippen LogP contribution is 2.41. The Bertz CT molecular complexity index is 1120. The van der Waals surface area contributed by atoms with Gasteiger partial charge in [0.1, 0.15) is 11.5 Å². The van der Waals surface area contributed by atoms with Crippen LogP contribution in [0.4, 0.5) is 5.69 Å². The summed E-state index contributed by atoms with van der Waals surface area (Å²) >= 11 is 0. The maximum Gasteiger partial charge on any atom is 0.257 e. The fraction of sp³-hybridized carbons (Fsp3) is 0.633. The largest absolute Gasteiger partial charge is 0.440 e. The first-order valence-electron chi connectivity index (χ1n) is 15.1. The number of benzene rings is 1. The lowest BCUT2D eigenvalue weighted by Gasteiger charge is -2.39. The Morgan fingerprint density at radius 2 is 1.74 bits per heavy atom. The maximum absolute atomic E-state index is 13.4. The Morgan fingerprint density at radius 1 is 1.02 bits per heavy atom. The molecular formula is C30H46BN5O6. The van der Waals surface area contributed by atoms with Crippen molar-refractivity contribution in [2.45, 2.75) is 90.7 Å². The molecule has 0 aromatic heterocycles. The van der Waals surface area contributed by atoms with Gasteiger partial charge in [-0.15, -0.1) is 0 Å². The summed E-state index contributed by atoms with van der Waals surface area (Å²) < 4.78 is 5.13. The quantitative estimate of drug-likeness (QED) is 0.0937. The summed E-state index contributed by atoms with van der Waals surface area (Å²) in [5.74, 6) is -1.36. The summed E-state index contributed by atoms with van der Waals surface area (Å²) in [6.45, 7) is 5.29. The second-order valence-corrected chi connectivity index (χ2v) is 12.1. The highest BCUT2D eigenvalue weighted by atomic mass is 16.4. The molecule has 1 aromatic carbocycles. The van der Waals surface area contributed by atoms with E-state index in [0.29, 0.717) is 70.5 Å². The van der Waals surface area contributed by atoms with E-state index in [1.807, 2.05) is 12.1 Å². The zero-order valence-corrected chi connectivity index (χ0v) is 25.3. The van der Waals surface area contributed by atoms with E-state index in [0.717, 1.165) is 24.8 Å². The molecule has 1 heterocycles. The molecule has 2 fully saturated rings. The van der Waals surface area contributed by atoms with Gasteiger partial charge in [0.25, 0.3) is 8.05 Å². The summed E-state index contributed by atoms with van der Waals surface area (Å²) in [5.41, 5.74) is 5.40. The first kappa shape index (κ1) is 33.3. The number of amides is 5. The lowest BCUT2D eigenvalue weighted by atomic mass is 9.67. The van der Waals surface area contributed by atoms with E-state index in [9.17, 15) is 24.0 Å². The zero-order valence-electron chi connectivity index (χ0n) is 25.3. The van der Waals surface area contributed by atoms with Gasteiger partial charge in [-0.05, 0) is 75.6 Å². The van der Waals surface area contributed by atoms with Gasteiger partial charge in [0, 0.05) is 25.2 Å². The molecule has 3 rings (SSSR count). The number of nitrogens with one attached hydrogen (secondary N) is 3. The third-order valence-corrected chi connectivity index (χ3v) is 8.24. The van der Waals surface area contributed by atoms with Crippen LogP contribution < -0.4 is 21.7 Å². The van der Waals surface area contributed by atoms with Crippen molar-refractivity contribution in [3.8, 4) is 0 Å². The predicted molar refractivity (Wildman–Crippen MR) is 162 cm³/mol. The molecule has 0 unspecified atom stereocenters. The van der Waals surface area contributed by atoms with Crippen molar-refractivity contribution in [2.24, 2.45) is 16.6 Å². The van der Waals surface area contributed by atoms with Gasteiger partial charge in [-0.3, -0.25) is 28.9 Å². The number of likely N-dealkylation sites (tertiary alicyclic amines) is 1. The molecule has 0 radical (unpaired) electrons. The molecule has 0 spiro atoms. The molecule has 5 amide bonds. The normalized spacial score (nSPS) is 17.8. The average Bonchev–Trinajstić information content (AvgIpc) is 3.11. The second-order valence-electron chi connectivity index (χ2n) is 12.1. The van der Waals surface area contributed by atoms with Gasteiger partial charge >= 0.3 is 0 Å². The lowest BCUT2D eigenvalue weighted by molar-refractivity contribution is -0.151. The summed E-state index contributed by atoms with van der Waals surface area (Å²) in [5, 5.41) is 8.64. The number of anilines is 1. The SMILES string of the molecule is BOCc1ccc(NC(=O)[C@H](CCCCN)NC(=O)C2(C(=O)NCCCCCN3C(=O)CC(C)(C)C3=O)CCC2)cc1. The summed E-state index contributed by atoms with van der Waals surface area (Å²) in [7, 11) is 1.62. The minimum absolute atomic E-state index is 0.131. The summed E-state index contributed by atoms with van der Waals surface area (Å²) in [4.78, 5) is 65.6. The molecule has 42 heavy (non-hydrogen) atoms. The van der Waals surface area contributed by atoms with E-state index in [4.69, 9.17) is 10.4 Å². The highest BCUT2D eigenvalue weighted by molar-refractivity contribution is 6.08. The number of rotatable bonds is 17. The number of carbonyl (C=O) groups is 5. The van der Waals surface area contributed by atoms with Gasteiger partial charge in [0.05, 0.1) is 12.0 Å². The first-order valence-corrected chi connectivity index (χ1v) is 15.1. The van der Waals surface area contributed by atoms with E-state index in [-0.39, 0.29) is 30.0 Å². The van der Waals surface area contributed by atoms with Crippen LogP contribution in [0.15, 0.2) is 24.3 Å². The maximum atomic E-state index is 13.4. The highest BCUT2D eigenvalue weighted by Gasteiger charge is 2.51. The molecular weight excluding hydrogens is 537 g/mol. The number of nitrogens with two attached hydrogens (primary N) is 1. The fourth-order valence-corrected chi connectivity index (χ4v) is 5.42. The van der Waals surface area contributed by atoms with Gasteiger partial charge in [0.2, 0.25) is 29.5 Å². The van der Waals surface area contributed by atoms with E-state index >= 15 is 0 Å². The molecule has 1 atom stereocenters. The van der Waals surface area contributed by atoms with Crippen molar-refractivity contribution in [3.05, 3.63) is 29.8 Å². The van der Waals surface area contributed by atoms with E-state index in [1.54, 1.807) is 34.0 Å². The molecule has 0 bridgehead atoms. The molecule has 2 aliphatic rings. The van der Waals surface area contributed by atoms with Crippen molar-refractivity contribution >= 4 is 43.3 Å². The Labute approximate surface area is 249 Å². The number of carbonyl (C=O) groups excluding carboxylic acids is 5. The van der Waals surface area contributed by atoms with Crippen molar-refractivity contribution in [1.29, 1.82) is 0 Å². The Balaban J connectivity index is 1.50. The van der Waals surface area contributed by atoms with Crippen molar-refractivity contribution in [3.63, 3.8) is 0 Å². The van der Waals surface area contributed by atoms with E-state index in [2.05, 4.69) is 16.0 Å². The number of hydrogen-bond acceptors (Lipinski definition) is 7. The minimum Gasteiger partial charge on any atom is -0.440 e. The van der Waals surface area contributed by atoms with Crippen LogP contribution in [0, 0.1) is 10.8 Å². The van der Waals surface area contributed by atoms with Crippen LogP contribution in [0.1, 0.15) is 83.6 Å².